The molecule has 0 heterocycles. The molecule has 0 bridgehead atoms. The molecule has 0 spiro atoms. The predicted octanol–water partition coefficient (Wildman–Crippen LogP) is 4.58. The lowest BCUT2D eigenvalue weighted by molar-refractivity contribution is -0.131. The van der Waals surface area contributed by atoms with Crippen molar-refractivity contribution in [3.05, 3.63) is 58.7 Å². The maximum atomic E-state index is 10.5. The highest BCUT2D eigenvalue weighted by molar-refractivity contribution is 5.81. The summed E-state index contributed by atoms with van der Waals surface area (Å²) in [6.07, 6.45) is 14.2. The van der Waals surface area contributed by atoms with Gasteiger partial charge in [0.1, 0.15) is 0 Å². The van der Waals surface area contributed by atoms with E-state index in [1.807, 2.05) is 19.1 Å². The lowest BCUT2D eigenvalue weighted by atomic mass is 9.72. The van der Waals surface area contributed by atoms with Crippen molar-refractivity contribution in [1.29, 1.82) is 0 Å². The molecule has 0 radical (unpaired) electrons. The number of hydrogen-bond acceptors (Lipinski definition) is 2. The number of aliphatic carboxylic acids is 1. The Labute approximate surface area is 139 Å². The molecule has 1 rings (SSSR count). The predicted molar refractivity (Wildman–Crippen MR) is 95.2 cm³/mol. The van der Waals surface area contributed by atoms with Crippen molar-refractivity contribution in [3.63, 3.8) is 0 Å². The van der Waals surface area contributed by atoms with Gasteiger partial charge in [-0.1, -0.05) is 49.8 Å². The largest absolute Gasteiger partial charge is 0.478 e. The molecule has 23 heavy (non-hydrogen) atoms. The first-order valence-corrected chi connectivity index (χ1v) is 8.04. The maximum Gasteiger partial charge on any atom is 0.328 e. The van der Waals surface area contributed by atoms with Crippen LogP contribution in [0.3, 0.4) is 0 Å². The topological polar surface area (TPSA) is 57.5 Å². The third kappa shape index (κ3) is 6.41. The third-order valence-electron chi connectivity index (χ3n) is 4.16. The van der Waals surface area contributed by atoms with Crippen LogP contribution >= 0.6 is 0 Å². The number of carboxylic acids is 1. The lowest BCUT2D eigenvalue weighted by Crippen LogP contribution is -2.21. The van der Waals surface area contributed by atoms with Crippen LogP contribution in [0.5, 0.6) is 0 Å². The molecule has 0 saturated carbocycles. The van der Waals surface area contributed by atoms with Crippen LogP contribution < -0.4 is 0 Å². The van der Waals surface area contributed by atoms with Crippen molar-refractivity contribution in [1.82, 2.24) is 0 Å². The molecule has 0 aliphatic heterocycles. The Kier molecular flexibility index (Phi) is 7.24. The van der Waals surface area contributed by atoms with Crippen molar-refractivity contribution in [2.24, 2.45) is 5.41 Å². The average Bonchev–Trinajstić information content (AvgIpc) is 2.44. The van der Waals surface area contributed by atoms with E-state index in [0.717, 1.165) is 30.4 Å². The number of aliphatic hydroxyl groups excluding tert-OH is 1. The number of aliphatic hydroxyl groups is 1. The molecule has 1 aliphatic rings. The first kappa shape index (κ1) is 19.2. The second-order valence-corrected chi connectivity index (χ2v) is 6.74. The first-order chi connectivity index (χ1) is 10.8. The molecule has 0 amide bonds. The van der Waals surface area contributed by atoms with Gasteiger partial charge in [0.15, 0.2) is 0 Å². The van der Waals surface area contributed by atoms with Gasteiger partial charge in [-0.25, -0.2) is 4.79 Å². The minimum Gasteiger partial charge on any atom is -0.478 e. The highest BCUT2D eigenvalue weighted by Crippen LogP contribution is 2.40. The van der Waals surface area contributed by atoms with Crippen LogP contribution in [0.2, 0.25) is 0 Å². The number of carboxylic acid groups (broad SMARTS) is 1. The van der Waals surface area contributed by atoms with Gasteiger partial charge in [0.2, 0.25) is 0 Å². The lowest BCUT2D eigenvalue weighted by Gasteiger charge is -2.33. The van der Waals surface area contributed by atoms with Crippen LogP contribution in [0, 0.1) is 5.41 Å². The molecule has 0 aromatic carbocycles. The molecule has 0 saturated heterocycles. The Morgan fingerprint density at radius 3 is 2.52 bits per heavy atom. The van der Waals surface area contributed by atoms with Crippen molar-refractivity contribution >= 4 is 5.97 Å². The normalized spacial score (nSPS) is 19.9. The molecule has 0 aromatic heterocycles. The highest BCUT2D eigenvalue weighted by Gasteiger charge is 2.27. The fraction of sp³-hybridized carbons (Fsp3) is 0.450. The highest BCUT2D eigenvalue weighted by atomic mass is 16.4. The molecule has 0 fully saturated rings. The van der Waals surface area contributed by atoms with Crippen LogP contribution in [0.15, 0.2) is 58.7 Å². The van der Waals surface area contributed by atoms with E-state index in [0.29, 0.717) is 5.57 Å². The Balaban J connectivity index is 2.86. The summed E-state index contributed by atoms with van der Waals surface area (Å²) in [5, 5.41) is 18.2. The van der Waals surface area contributed by atoms with Crippen LogP contribution in [0.25, 0.3) is 0 Å². The quantitative estimate of drug-likeness (QED) is 0.557. The molecule has 126 valence electrons. The maximum absolute atomic E-state index is 10.5. The molecule has 0 unspecified atom stereocenters. The van der Waals surface area contributed by atoms with Gasteiger partial charge in [-0.3, -0.25) is 0 Å². The fourth-order valence-corrected chi connectivity index (χ4v) is 2.86. The van der Waals surface area contributed by atoms with Gasteiger partial charge in [-0.2, -0.15) is 0 Å². The first-order valence-electron chi connectivity index (χ1n) is 8.04. The van der Waals surface area contributed by atoms with Gasteiger partial charge in [-0.05, 0) is 55.2 Å². The molecule has 0 atom stereocenters. The Hall–Kier alpha value is -1.87. The van der Waals surface area contributed by atoms with E-state index in [1.54, 1.807) is 13.0 Å². The van der Waals surface area contributed by atoms with Gasteiger partial charge in [0.25, 0.3) is 0 Å². The second-order valence-electron chi connectivity index (χ2n) is 6.74. The van der Waals surface area contributed by atoms with Gasteiger partial charge in [0.05, 0.1) is 6.61 Å². The summed E-state index contributed by atoms with van der Waals surface area (Å²) in [6, 6.07) is 0. The zero-order valence-electron chi connectivity index (χ0n) is 14.6. The van der Waals surface area contributed by atoms with Gasteiger partial charge in [-0.15, -0.1) is 0 Å². The van der Waals surface area contributed by atoms with E-state index in [1.165, 1.54) is 11.6 Å². The summed E-state index contributed by atoms with van der Waals surface area (Å²) in [6.45, 7) is 8.34. The summed E-state index contributed by atoms with van der Waals surface area (Å²) in [4.78, 5) is 10.5. The Bertz CT molecular complexity index is 584. The SMILES string of the molecule is CC(/C=C/C1=C(CO)CCCC1(C)C)=C\C=C\C(C)=C\C(=O)O. The van der Waals surface area contributed by atoms with Crippen molar-refractivity contribution in [2.75, 3.05) is 6.61 Å². The molecular formula is C20H28O3. The van der Waals surface area contributed by atoms with Gasteiger partial charge < -0.3 is 10.2 Å². The zero-order valence-corrected chi connectivity index (χ0v) is 14.6. The number of carbonyl (C=O) groups is 1. The average molecular weight is 316 g/mol. The van der Waals surface area contributed by atoms with Crippen molar-refractivity contribution in [2.45, 2.75) is 47.0 Å². The summed E-state index contributed by atoms with van der Waals surface area (Å²) in [5.74, 6) is -0.934. The summed E-state index contributed by atoms with van der Waals surface area (Å²) in [5.41, 5.74) is 4.26. The van der Waals surface area contributed by atoms with E-state index in [4.69, 9.17) is 5.11 Å². The number of rotatable bonds is 6. The van der Waals surface area contributed by atoms with E-state index in [2.05, 4.69) is 26.0 Å². The zero-order chi connectivity index (χ0) is 17.5. The standard InChI is InChI=1S/C20H28O3/c1-15(7-5-8-16(2)13-19(22)23)10-11-18-17(14-21)9-6-12-20(18,3)4/h5,7-8,10-11,13,21H,6,9,12,14H2,1-4H3,(H,22,23)/b8-5+,11-10+,15-7+,16-13+. The molecule has 0 aromatic rings. The van der Waals surface area contributed by atoms with Crippen molar-refractivity contribution < 1.29 is 15.0 Å². The molecule has 3 nitrogen and oxygen atoms in total. The summed E-state index contributed by atoms with van der Waals surface area (Å²) < 4.78 is 0. The van der Waals surface area contributed by atoms with Crippen LogP contribution in [-0.4, -0.2) is 22.8 Å². The third-order valence-corrected chi connectivity index (χ3v) is 4.16. The molecule has 3 heteroatoms. The minimum atomic E-state index is -0.934. The smallest absolute Gasteiger partial charge is 0.328 e. The van der Waals surface area contributed by atoms with E-state index in [-0.39, 0.29) is 12.0 Å². The van der Waals surface area contributed by atoms with Gasteiger partial charge in [0, 0.05) is 6.08 Å². The number of allylic oxidation sites excluding steroid dienone is 8. The van der Waals surface area contributed by atoms with Crippen molar-refractivity contribution in [3.8, 4) is 0 Å². The van der Waals surface area contributed by atoms with Crippen LogP contribution in [-0.2, 0) is 4.79 Å². The monoisotopic (exact) mass is 316 g/mol. The van der Waals surface area contributed by atoms with E-state index < -0.39 is 5.97 Å². The number of hydrogen-bond donors (Lipinski definition) is 2. The minimum absolute atomic E-state index is 0.101. The van der Waals surface area contributed by atoms with E-state index >= 15 is 0 Å². The van der Waals surface area contributed by atoms with Crippen LogP contribution in [0.4, 0.5) is 0 Å². The summed E-state index contributed by atoms with van der Waals surface area (Å²) >= 11 is 0. The Morgan fingerprint density at radius 1 is 1.22 bits per heavy atom. The second kappa shape index (κ2) is 8.68. The molecule has 2 N–H and O–H groups in total. The van der Waals surface area contributed by atoms with Gasteiger partial charge >= 0.3 is 5.97 Å². The van der Waals surface area contributed by atoms with E-state index in [9.17, 15) is 9.90 Å². The molecule has 1 aliphatic carbocycles. The fourth-order valence-electron chi connectivity index (χ4n) is 2.86. The van der Waals surface area contributed by atoms with Crippen LogP contribution in [0.1, 0.15) is 47.0 Å². The Morgan fingerprint density at radius 2 is 1.91 bits per heavy atom. The molecular weight excluding hydrogens is 288 g/mol. The summed E-state index contributed by atoms with van der Waals surface area (Å²) in [7, 11) is 0.